The Bertz CT molecular complexity index is 608. The van der Waals surface area contributed by atoms with E-state index in [1.165, 1.54) is 12.1 Å². The summed E-state index contributed by atoms with van der Waals surface area (Å²) < 4.78 is 49.9. The van der Waals surface area contributed by atoms with Crippen molar-refractivity contribution in [3.8, 4) is 11.1 Å². The first-order valence-corrected chi connectivity index (χ1v) is 6.60. The summed E-state index contributed by atoms with van der Waals surface area (Å²) in [6.07, 6.45) is -5.48. The average Bonchev–Trinajstić information content (AvgIpc) is 2.53. The fourth-order valence-corrected chi connectivity index (χ4v) is 2.06. The summed E-state index contributed by atoms with van der Waals surface area (Å²) in [6.45, 7) is -0.845. The van der Waals surface area contributed by atoms with Crippen molar-refractivity contribution >= 4 is 0 Å². The molecule has 2 aromatic carbocycles. The summed E-state index contributed by atoms with van der Waals surface area (Å²) in [7, 11) is 0. The monoisotopic (exact) mass is 313 g/mol. The molecule has 0 unspecified atom stereocenters. The number of rotatable bonds is 4. The Kier molecular flexibility index (Phi) is 4.83. The third kappa shape index (κ3) is 3.64. The summed E-state index contributed by atoms with van der Waals surface area (Å²) in [5, 5.41) is 9.79. The Morgan fingerprint density at radius 2 is 1.36 bits per heavy atom. The second-order valence-corrected chi connectivity index (χ2v) is 4.96. The second kappa shape index (κ2) is 6.46. The van der Waals surface area contributed by atoms with Gasteiger partial charge in [0.1, 0.15) is 6.67 Å². The lowest BCUT2D eigenvalue weighted by Crippen LogP contribution is -2.30. The topological polar surface area (TPSA) is 46.2 Å². The third-order valence-corrected chi connectivity index (χ3v) is 3.38. The van der Waals surface area contributed by atoms with Gasteiger partial charge in [-0.1, -0.05) is 36.4 Å². The van der Waals surface area contributed by atoms with Gasteiger partial charge >= 0.3 is 6.18 Å². The van der Waals surface area contributed by atoms with Gasteiger partial charge in [-0.25, -0.2) is 4.39 Å². The minimum absolute atomic E-state index is 0.459. The molecular formula is C16H15F4NO. The first-order chi connectivity index (χ1) is 10.3. The summed E-state index contributed by atoms with van der Waals surface area (Å²) in [6, 6.07) is 10.2. The molecule has 0 saturated heterocycles. The number of aliphatic hydroxyl groups is 1. The summed E-state index contributed by atoms with van der Waals surface area (Å²) >= 11 is 0. The predicted octanol–water partition coefficient (Wildman–Crippen LogP) is 3.70. The molecule has 2 aromatic rings. The van der Waals surface area contributed by atoms with Crippen molar-refractivity contribution < 1.29 is 22.7 Å². The lowest BCUT2D eigenvalue weighted by atomic mass is 9.98. The Balaban J connectivity index is 2.20. The van der Waals surface area contributed by atoms with Crippen LogP contribution in [0.1, 0.15) is 17.2 Å². The van der Waals surface area contributed by atoms with Crippen LogP contribution < -0.4 is 5.73 Å². The Morgan fingerprint density at radius 1 is 0.909 bits per heavy atom. The molecule has 0 heterocycles. The van der Waals surface area contributed by atoms with Crippen molar-refractivity contribution in [2.24, 2.45) is 5.73 Å². The molecule has 0 amide bonds. The van der Waals surface area contributed by atoms with E-state index >= 15 is 0 Å². The van der Waals surface area contributed by atoms with Crippen LogP contribution in [0.5, 0.6) is 0 Å². The van der Waals surface area contributed by atoms with Gasteiger partial charge in [0.05, 0.1) is 17.7 Å². The van der Waals surface area contributed by atoms with E-state index in [0.717, 1.165) is 12.1 Å². The van der Waals surface area contributed by atoms with Crippen LogP contribution >= 0.6 is 0 Å². The maximum absolute atomic E-state index is 12.5. The molecule has 0 spiro atoms. The van der Waals surface area contributed by atoms with Crippen molar-refractivity contribution in [3.63, 3.8) is 0 Å². The largest absolute Gasteiger partial charge is 0.416 e. The molecule has 0 aromatic heterocycles. The number of halogens is 4. The van der Waals surface area contributed by atoms with Gasteiger partial charge in [-0.15, -0.1) is 0 Å². The number of nitrogens with two attached hydrogens (primary N) is 1. The molecule has 3 N–H and O–H groups in total. The van der Waals surface area contributed by atoms with E-state index in [-0.39, 0.29) is 0 Å². The molecule has 2 atom stereocenters. The van der Waals surface area contributed by atoms with Gasteiger partial charge in [-0.05, 0) is 28.8 Å². The maximum atomic E-state index is 12.5. The molecule has 0 bridgehead atoms. The number of aliphatic hydroxyl groups excluding tert-OH is 1. The van der Waals surface area contributed by atoms with E-state index in [9.17, 15) is 22.7 Å². The van der Waals surface area contributed by atoms with Gasteiger partial charge in [-0.2, -0.15) is 13.2 Å². The maximum Gasteiger partial charge on any atom is 0.416 e. The van der Waals surface area contributed by atoms with Crippen LogP contribution in [0.15, 0.2) is 48.5 Å². The Labute approximate surface area is 125 Å². The molecule has 0 saturated carbocycles. The number of hydrogen-bond acceptors (Lipinski definition) is 2. The van der Waals surface area contributed by atoms with Crippen molar-refractivity contribution in [1.29, 1.82) is 0 Å². The molecule has 22 heavy (non-hydrogen) atoms. The molecule has 2 rings (SSSR count). The van der Waals surface area contributed by atoms with Gasteiger partial charge in [0.25, 0.3) is 0 Å². The van der Waals surface area contributed by atoms with E-state index in [0.29, 0.717) is 16.7 Å². The van der Waals surface area contributed by atoms with Gasteiger partial charge in [0, 0.05) is 0 Å². The minimum Gasteiger partial charge on any atom is -0.387 e. The van der Waals surface area contributed by atoms with Crippen LogP contribution in [0.3, 0.4) is 0 Å². The van der Waals surface area contributed by atoms with Crippen molar-refractivity contribution in [3.05, 3.63) is 59.7 Å². The number of alkyl halides is 4. The molecule has 0 fully saturated rings. The molecule has 0 radical (unpaired) electrons. The fraction of sp³-hybridized carbons (Fsp3) is 0.250. The molecule has 0 aliphatic carbocycles. The van der Waals surface area contributed by atoms with Gasteiger partial charge < -0.3 is 10.8 Å². The van der Waals surface area contributed by atoms with E-state index < -0.39 is 30.6 Å². The van der Waals surface area contributed by atoms with Crippen LogP contribution in [0.25, 0.3) is 11.1 Å². The van der Waals surface area contributed by atoms with Crippen LogP contribution in [0, 0.1) is 0 Å². The quantitative estimate of drug-likeness (QED) is 0.845. The molecule has 0 aliphatic heterocycles. The highest BCUT2D eigenvalue weighted by molar-refractivity contribution is 5.64. The second-order valence-electron chi connectivity index (χ2n) is 4.96. The Morgan fingerprint density at radius 3 is 1.77 bits per heavy atom. The van der Waals surface area contributed by atoms with Crippen LogP contribution in [-0.4, -0.2) is 17.8 Å². The molecule has 6 heteroatoms. The zero-order valence-electron chi connectivity index (χ0n) is 11.5. The Hall–Kier alpha value is -1.92. The lowest BCUT2D eigenvalue weighted by molar-refractivity contribution is -0.137. The molecule has 2 nitrogen and oxygen atoms in total. The van der Waals surface area contributed by atoms with Crippen molar-refractivity contribution in [1.82, 2.24) is 0 Å². The third-order valence-electron chi connectivity index (χ3n) is 3.38. The first kappa shape index (κ1) is 16.5. The van der Waals surface area contributed by atoms with E-state index in [2.05, 4.69) is 0 Å². The molecular weight excluding hydrogens is 298 g/mol. The smallest absolute Gasteiger partial charge is 0.387 e. The van der Waals surface area contributed by atoms with E-state index in [1.54, 1.807) is 24.3 Å². The molecule has 0 aliphatic rings. The van der Waals surface area contributed by atoms with Gasteiger partial charge in [0.15, 0.2) is 0 Å². The zero-order chi connectivity index (χ0) is 16.3. The lowest BCUT2D eigenvalue weighted by Gasteiger charge is -2.16. The summed E-state index contributed by atoms with van der Waals surface area (Å²) in [5.41, 5.74) is 6.48. The van der Waals surface area contributed by atoms with E-state index in [1.807, 2.05) is 0 Å². The predicted molar refractivity (Wildman–Crippen MR) is 75.8 cm³/mol. The zero-order valence-corrected chi connectivity index (χ0v) is 11.5. The highest BCUT2D eigenvalue weighted by atomic mass is 19.4. The number of benzene rings is 2. The summed E-state index contributed by atoms with van der Waals surface area (Å²) in [5.74, 6) is 0. The normalized spacial score (nSPS) is 14.6. The molecule has 118 valence electrons. The summed E-state index contributed by atoms with van der Waals surface area (Å²) in [4.78, 5) is 0. The minimum atomic E-state index is -4.37. The van der Waals surface area contributed by atoms with Crippen molar-refractivity contribution in [2.45, 2.75) is 18.3 Å². The highest BCUT2D eigenvalue weighted by Crippen LogP contribution is 2.31. The number of hydrogen-bond donors (Lipinski definition) is 2. The van der Waals surface area contributed by atoms with E-state index in [4.69, 9.17) is 5.73 Å². The first-order valence-electron chi connectivity index (χ1n) is 6.60. The van der Waals surface area contributed by atoms with Gasteiger partial charge in [0.2, 0.25) is 0 Å². The van der Waals surface area contributed by atoms with Crippen LogP contribution in [0.4, 0.5) is 17.6 Å². The van der Waals surface area contributed by atoms with Crippen molar-refractivity contribution in [2.75, 3.05) is 6.67 Å². The highest BCUT2D eigenvalue weighted by Gasteiger charge is 2.29. The van der Waals surface area contributed by atoms with Crippen LogP contribution in [0.2, 0.25) is 0 Å². The standard InChI is InChI=1S/C16H15F4NO/c17-9-14(21)15(22)12-3-1-10(2-4-12)11-5-7-13(8-6-11)16(18,19)20/h1-8,14-15,22H,9,21H2/t14-,15-/m1/s1. The average molecular weight is 313 g/mol. The van der Waals surface area contributed by atoms with Gasteiger partial charge in [-0.3, -0.25) is 0 Å². The SMILES string of the molecule is N[C@H](CF)[C@H](O)c1ccc(-c2ccc(C(F)(F)F)cc2)cc1. The fourth-order valence-electron chi connectivity index (χ4n) is 2.06. The van der Waals surface area contributed by atoms with Crippen LogP contribution in [-0.2, 0) is 6.18 Å².